The van der Waals surface area contributed by atoms with Crippen molar-refractivity contribution in [1.82, 2.24) is 0 Å². The van der Waals surface area contributed by atoms with E-state index in [1.807, 2.05) is 22.6 Å². The van der Waals surface area contributed by atoms with E-state index in [-0.39, 0.29) is 0 Å². The first kappa shape index (κ1) is 6.10. The Morgan fingerprint density at radius 3 is 2.20 bits per heavy atom. The Balaban J connectivity index is 3.23. The van der Waals surface area contributed by atoms with Crippen molar-refractivity contribution in [3.63, 3.8) is 0 Å². The molecular weight excluding hydrogens is 219 g/mol. The van der Waals surface area contributed by atoms with Crippen LogP contribution < -0.4 is 0 Å². The second kappa shape index (κ2) is 3.30. The summed E-state index contributed by atoms with van der Waals surface area (Å²) in [6.45, 7) is 0. The third-order valence-electron chi connectivity index (χ3n) is 0.0891. The van der Waals surface area contributed by atoms with Gasteiger partial charge in [-0.15, -0.1) is 22.6 Å². The molecule has 0 aromatic heterocycles. The summed E-state index contributed by atoms with van der Waals surface area (Å²) in [5.41, 5.74) is 0. The van der Waals surface area contributed by atoms with Gasteiger partial charge < -0.3 is 4.21 Å². The summed E-state index contributed by atoms with van der Waals surface area (Å²) in [7, 11) is -1.00. The molecule has 0 aliphatic rings. The molecule has 4 heteroatoms. The highest BCUT2D eigenvalue weighted by molar-refractivity contribution is 14.1. The first-order chi connectivity index (χ1) is 2.27. The van der Waals surface area contributed by atoms with E-state index in [0.717, 1.165) is 0 Å². The van der Waals surface area contributed by atoms with Crippen LogP contribution in [0, 0.1) is 0 Å². The fourth-order valence-electron chi connectivity index (χ4n) is 0. The molecule has 0 aliphatic heterocycles. The maximum absolute atomic E-state index is 9.73. The quantitative estimate of drug-likeness (QED) is 0.370. The van der Waals surface area contributed by atoms with Crippen LogP contribution in [0.3, 0.4) is 0 Å². The molecule has 0 saturated heterocycles. The van der Waals surface area contributed by atoms with Gasteiger partial charge in [0.2, 0.25) is 0 Å². The zero-order valence-electron chi connectivity index (χ0n) is 2.31. The smallest absolute Gasteiger partial charge is 0.0426 e. The van der Waals surface area contributed by atoms with Gasteiger partial charge in [0, 0.05) is 0 Å². The van der Waals surface area contributed by atoms with Gasteiger partial charge in [0.25, 0.3) is 0 Å². The van der Waals surface area contributed by atoms with E-state index in [2.05, 4.69) is 11.2 Å². The van der Waals surface area contributed by atoms with Crippen LogP contribution in [0.15, 0.2) is 0 Å². The molecule has 0 heterocycles. The third kappa shape index (κ3) is 5.10. The van der Waals surface area contributed by atoms with Gasteiger partial charge in [-0.3, -0.25) is 0 Å². The molecular formula is CH2IOS2-. The molecule has 0 fully saturated rings. The monoisotopic (exact) mass is 221 g/mol. The van der Waals surface area contributed by atoms with Crippen LogP contribution in [0.1, 0.15) is 0 Å². The maximum Gasteiger partial charge on any atom is -0.0426 e. The van der Waals surface area contributed by atoms with Crippen LogP contribution >= 0.6 is 22.6 Å². The number of halogens is 1. The predicted molar refractivity (Wildman–Crippen MR) is 34.3 cm³/mol. The Hall–Kier alpha value is 1.10. The van der Waals surface area contributed by atoms with Crippen LogP contribution in [-0.4, -0.2) is 3.76 Å². The standard InChI is InChI=1S/CH2IOS2/c2-1-5(3)4/h1H2/q-1. The number of rotatable bonds is 1. The summed E-state index contributed by atoms with van der Waals surface area (Å²) >= 11 is 6.22. The minimum absolute atomic E-state index is 0.563. The molecule has 1 nitrogen and oxygen atoms in total. The molecule has 5 heavy (non-hydrogen) atoms. The minimum atomic E-state index is -1.00. The van der Waals surface area contributed by atoms with Crippen molar-refractivity contribution in [2.45, 2.75) is 0 Å². The van der Waals surface area contributed by atoms with E-state index in [1.54, 1.807) is 0 Å². The normalized spacial score (nSPS) is 9.20. The van der Waals surface area contributed by atoms with Gasteiger partial charge in [0.15, 0.2) is 0 Å². The van der Waals surface area contributed by atoms with E-state index in [0.29, 0.717) is 3.76 Å². The molecule has 0 aliphatic carbocycles. The molecule has 0 saturated carbocycles. The van der Waals surface area contributed by atoms with Crippen molar-refractivity contribution in [1.29, 1.82) is 0 Å². The topological polar surface area (TPSA) is 17.1 Å². The molecule has 0 atom stereocenters. The van der Waals surface area contributed by atoms with Crippen LogP contribution in [0.2, 0.25) is 0 Å². The minimum Gasteiger partial charge on any atom is -0.450 e. The van der Waals surface area contributed by atoms with Gasteiger partial charge in [-0.1, -0.05) is 0 Å². The molecule has 0 N–H and O–H groups in total. The molecule has 32 valence electrons. The Labute approximate surface area is 51.0 Å². The van der Waals surface area contributed by atoms with Crippen molar-refractivity contribution >= 4 is 43.1 Å². The van der Waals surface area contributed by atoms with Crippen LogP contribution in [0.5, 0.6) is 0 Å². The summed E-state index contributed by atoms with van der Waals surface area (Å²) in [4.78, 5) is 0. The molecule has 0 unspecified atom stereocenters. The average molecular weight is 221 g/mol. The lowest BCUT2D eigenvalue weighted by atomic mass is 12.0. The summed E-state index contributed by atoms with van der Waals surface area (Å²) in [6, 6.07) is 0. The Kier molecular flexibility index (Phi) is 4.02. The van der Waals surface area contributed by atoms with Crippen molar-refractivity contribution < 1.29 is 4.21 Å². The lowest BCUT2D eigenvalue weighted by Crippen LogP contribution is -1.62. The molecule has 0 bridgehead atoms. The van der Waals surface area contributed by atoms with Crippen LogP contribution in [-0.2, 0) is 24.8 Å². The maximum atomic E-state index is 9.73. The molecule has 0 aromatic rings. The lowest BCUT2D eigenvalue weighted by molar-refractivity contribution is 0.606. The summed E-state index contributed by atoms with van der Waals surface area (Å²) in [5.74, 6) is 0. The highest BCUT2D eigenvalue weighted by Crippen LogP contribution is 1.76. The number of hydrogen-bond donors (Lipinski definition) is 0. The largest absolute Gasteiger partial charge is 0.450 e. The SMILES string of the molecule is O=[S-](=S)CI. The van der Waals surface area contributed by atoms with Crippen LogP contribution in [0.25, 0.3) is 0 Å². The third-order valence-corrected chi connectivity index (χ3v) is 3.59. The van der Waals surface area contributed by atoms with Gasteiger partial charge in [-0.2, -0.15) is 0 Å². The summed E-state index contributed by atoms with van der Waals surface area (Å²) < 4.78 is 10.3. The highest BCUT2D eigenvalue weighted by atomic mass is 127. The van der Waals surface area contributed by atoms with Crippen molar-refractivity contribution in [2.75, 3.05) is 3.76 Å². The van der Waals surface area contributed by atoms with Crippen molar-refractivity contribution in [2.24, 2.45) is 0 Å². The Morgan fingerprint density at radius 1 is 2.00 bits per heavy atom. The lowest BCUT2D eigenvalue weighted by Gasteiger charge is -1.78. The van der Waals surface area contributed by atoms with E-state index in [9.17, 15) is 4.21 Å². The fourth-order valence-corrected chi connectivity index (χ4v) is 0. The zero-order valence-corrected chi connectivity index (χ0v) is 6.10. The molecule has 0 aromatic carbocycles. The average Bonchev–Trinajstić information content (AvgIpc) is 1.38. The van der Waals surface area contributed by atoms with E-state index in [1.165, 1.54) is 0 Å². The first-order valence-corrected chi connectivity index (χ1v) is 4.66. The first-order valence-electron chi connectivity index (χ1n) is 0.889. The summed E-state index contributed by atoms with van der Waals surface area (Å²) in [6.07, 6.45) is 0. The Bertz CT molecular complexity index is 67.7. The second-order valence-electron chi connectivity index (χ2n) is 0.413. The van der Waals surface area contributed by atoms with Gasteiger partial charge in [-0.25, -0.2) is 20.5 Å². The van der Waals surface area contributed by atoms with Crippen molar-refractivity contribution in [3.05, 3.63) is 0 Å². The molecule has 0 amide bonds. The Morgan fingerprint density at radius 2 is 2.20 bits per heavy atom. The number of hydrogen-bond acceptors (Lipinski definition) is 3. The highest BCUT2D eigenvalue weighted by Gasteiger charge is 1.48. The molecule has 0 radical (unpaired) electrons. The van der Waals surface area contributed by atoms with Gasteiger partial charge in [-0.05, 0) is 3.76 Å². The number of alkyl halides is 1. The summed E-state index contributed by atoms with van der Waals surface area (Å²) in [5, 5.41) is 0. The predicted octanol–water partition coefficient (Wildman–Crippen LogP) is 0.805. The van der Waals surface area contributed by atoms with E-state index in [4.69, 9.17) is 0 Å². The van der Waals surface area contributed by atoms with Crippen molar-refractivity contribution in [3.8, 4) is 0 Å². The molecule has 0 rings (SSSR count). The molecule has 0 spiro atoms. The zero-order chi connectivity index (χ0) is 4.28. The van der Waals surface area contributed by atoms with Gasteiger partial charge in [0.1, 0.15) is 0 Å². The van der Waals surface area contributed by atoms with Gasteiger partial charge >= 0.3 is 0 Å². The fraction of sp³-hybridized carbons (Fsp3) is 1.00. The van der Waals surface area contributed by atoms with E-state index < -0.39 is 9.36 Å². The van der Waals surface area contributed by atoms with Crippen LogP contribution in [0.4, 0.5) is 0 Å². The van der Waals surface area contributed by atoms with E-state index >= 15 is 0 Å². The van der Waals surface area contributed by atoms with Gasteiger partial charge in [0.05, 0.1) is 0 Å². The second-order valence-corrected chi connectivity index (χ2v) is 4.22.